The largest absolute Gasteiger partial charge is 0.370 e. The summed E-state index contributed by atoms with van der Waals surface area (Å²) in [7, 11) is 0. The third-order valence-corrected chi connectivity index (χ3v) is 4.87. The predicted octanol–water partition coefficient (Wildman–Crippen LogP) is 3.00. The standard InChI is InChI=1S/C11H11ClN4S2/c12-9-6-3-1-2-4-7(6)18-8(9)5-17-11(15)16-10(13)14/h1-4H,5H2,(H5,13,14,15,16). The van der Waals surface area contributed by atoms with Gasteiger partial charge in [0.05, 0.1) is 5.02 Å². The Morgan fingerprint density at radius 1 is 1.39 bits per heavy atom. The van der Waals surface area contributed by atoms with E-state index in [-0.39, 0.29) is 11.1 Å². The van der Waals surface area contributed by atoms with E-state index in [0.717, 1.165) is 20.0 Å². The number of nitrogens with two attached hydrogens (primary N) is 2. The molecule has 0 radical (unpaired) electrons. The maximum atomic E-state index is 7.55. The van der Waals surface area contributed by atoms with Gasteiger partial charge in [-0.05, 0) is 6.07 Å². The summed E-state index contributed by atoms with van der Waals surface area (Å²) in [6.07, 6.45) is 0. The summed E-state index contributed by atoms with van der Waals surface area (Å²) in [5, 5.41) is 9.44. The van der Waals surface area contributed by atoms with Crippen molar-refractivity contribution in [3.63, 3.8) is 0 Å². The number of nitrogens with one attached hydrogen (secondary N) is 1. The van der Waals surface area contributed by atoms with Crippen molar-refractivity contribution in [3.8, 4) is 0 Å². The maximum absolute atomic E-state index is 7.55. The predicted molar refractivity (Wildman–Crippen MR) is 81.7 cm³/mol. The van der Waals surface area contributed by atoms with Crippen LogP contribution in [0.15, 0.2) is 29.3 Å². The molecule has 1 aromatic heterocycles. The fourth-order valence-electron chi connectivity index (χ4n) is 1.44. The highest BCUT2D eigenvalue weighted by atomic mass is 35.5. The SMILES string of the molecule is N=C(N=C(N)N)SCc1sc2ccccc2c1Cl. The zero-order chi connectivity index (χ0) is 13.1. The van der Waals surface area contributed by atoms with Crippen LogP contribution in [0.2, 0.25) is 5.02 Å². The molecule has 0 saturated heterocycles. The van der Waals surface area contributed by atoms with Crippen molar-refractivity contribution >= 4 is 55.9 Å². The molecule has 0 unspecified atom stereocenters. The molecule has 0 amide bonds. The summed E-state index contributed by atoms with van der Waals surface area (Å²) in [5.74, 6) is 0.489. The van der Waals surface area contributed by atoms with E-state index < -0.39 is 0 Å². The van der Waals surface area contributed by atoms with Crippen LogP contribution in [-0.2, 0) is 5.75 Å². The smallest absolute Gasteiger partial charge is 0.193 e. The first-order valence-electron chi connectivity index (χ1n) is 5.05. The molecule has 7 heteroatoms. The first-order chi connectivity index (χ1) is 8.58. The molecule has 0 aliphatic rings. The summed E-state index contributed by atoms with van der Waals surface area (Å²) < 4.78 is 1.14. The number of benzene rings is 1. The lowest BCUT2D eigenvalue weighted by molar-refractivity contribution is 1.43. The van der Waals surface area contributed by atoms with Gasteiger partial charge in [-0.15, -0.1) is 11.3 Å². The van der Waals surface area contributed by atoms with Gasteiger partial charge in [0.2, 0.25) is 0 Å². The van der Waals surface area contributed by atoms with Crippen molar-refractivity contribution < 1.29 is 0 Å². The maximum Gasteiger partial charge on any atom is 0.193 e. The molecule has 5 N–H and O–H groups in total. The third kappa shape index (κ3) is 2.95. The Morgan fingerprint density at radius 2 is 2.11 bits per heavy atom. The Kier molecular flexibility index (Phi) is 4.11. The average molecular weight is 299 g/mol. The molecule has 1 aromatic carbocycles. The minimum Gasteiger partial charge on any atom is -0.370 e. The number of thiophene rings is 1. The highest BCUT2D eigenvalue weighted by Crippen LogP contribution is 2.37. The van der Waals surface area contributed by atoms with E-state index in [1.54, 1.807) is 11.3 Å². The van der Waals surface area contributed by atoms with E-state index in [1.807, 2.05) is 24.3 Å². The molecule has 4 nitrogen and oxygen atoms in total. The number of amidine groups is 1. The van der Waals surface area contributed by atoms with Gasteiger partial charge >= 0.3 is 0 Å². The zero-order valence-corrected chi connectivity index (χ0v) is 11.7. The first-order valence-corrected chi connectivity index (χ1v) is 7.23. The van der Waals surface area contributed by atoms with Gasteiger partial charge in [0.15, 0.2) is 11.1 Å². The Balaban J connectivity index is 2.15. The molecule has 18 heavy (non-hydrogen) atoms. The fourth-order valence-corrected chi connectivity index (χ4v) is 3.81. The van der Waals surface area contributed by atoms with Crippen molar-refractivity contribution in [2.24, 2.45) is 16.5 Å². The molecule has 1 heterocycles. The second-order valence-corrected chi connectivity index (χ2v) is 5.94. The van der Waals surface area contributed by atoms with Gasteiger partial charge in [0, 0.05) is 20.7 Å². The fraction of sp³-hybridized carbons (Fsp3) is 0.0909. The molecule has 0 bridgehead atoms. The van der Waals surface area contributed by atoms with Gasteiger partial charge in [0.25, 0.3) is 0 Å². The van der Waals surface area contributed by atoms with Crippen LogP contribution >= 0.6 is 34.7 Å². The second-order valence-electron chi connectivity index (χ2n) is 3.47. The number of hydrogen-bond donors (Lipinski definition) is 3. The Morgan fingerprint density at radius 3 is 2.78 bits per heavy atom. The summed E-state index contributed by atoms with van der Waals surface area (Å²) in [4.78, 5) is 4.68. The van der Waals surface area contributed by atoms with Crippen molar-refractivity contribution in [1.29, 1.82) is 5.41 Å². The molecule has 2 rings (SSSR count). The van der Waals surface area contributed by atoms with Crippen LogP contribution in [0, 0.1) is 5.41 Å². The molecule has 0 spiro atoms. The first kappa shape index (κ1) is 13.2. The van der Waals surface area contributed by atoms with Gasteiger partial charge < -0.3 is 11.5 Å². The van der Waals surface area contributed by atoms with Gasteiger partial charge in [-0.2, -0.15) is 4.99 Å². The van der Waals surface area contributed by atoms with E-state index in [2.05, 4.69) is 4.99 Å². The Labute approximate surface area is 118 Å². The highest BCUT2D eigenvalue weighted by Gasteiger charge is 2.10. The van der Waals surface area contributed by atoms with E-state index in [0.29, 0.717) is 5.75 Å². The lowest BCUT2D eigenvalue weighted by Crippen LogP contribution is -2.23. The average Bonchev–Trinajstić information content (AvgIpc) is 2.64. The van der Waals surface area contributed by atoms with E-state index in [9.17, 15) is 0 Å². The highest BCUT2D eigenvalue weighted by molar-refractivity contribution is 8.13. The number of nitrogens with zero attached hydrogens (tertiary/aromatic N) is 1. The molecule has 0 atom stereocenters. The summed E-state index contributed by atoms with van der Waals surface area (Å²) in [6.45, 7) is 0. The number of hydrogen-bond acceptors (Lipinski definition) is 3. The molecular weight excluding hydrogens is 288 g/mol. The van der Waals surface area contributed by atoms with Crippen LogP contribution in [0.25, 0.3) is 10.1 Å². The minimum atomic E-state index is -0.102. The second kappa shape index (κ2) is 5.60. The molecular formula is C11H11ClN4S2. The quantitative estimate of drug-likeness (QED) is 0.588. The van der Waals surface area contributed by atoms with E-state index in [1.165, 1.54) is 11.8 Å². The van der Waals surface area contributed by atoms with Gasteiger partial charge in [-0.1, -0.05) is 41.6 Å². The van der Waals surface area contributed by atoms with E-state index in [4.69, 9.17) is 28.5 Å². The number of thioether (sulfide) groups is 1. The van der Waals surface area contributed by atoms with Crippen LogP contribution in [0.1, 0.15) is 4.88 Å². The molecule has 2 aromatic rings. The summed E-state index contributed by atoms with van der Waals surface area (Å²) >= 11 is 9.16. The number of halogens is 1. The third-order valence-electron chi connectivity index (χ3n) is 2.17. The molecule has 94 valence electrons. The summed E-state index contributed by atoms with van der Waals surface area (Å²) in [5.41, 5.74) is 10.4. The van der Waals surface area contributed by atoms with Crippen LogP contribution < -0.4 is 11.5 Å². The zero-order valence-electron chi connectivity index (χ0n) is 9.31. The van der Waals surface area contributed by atoms with Crippen molar-refractivity contribution in [3.05, 3.63) is 34.2 Å². The minimum absolute atomic E-state index is 0.0866. The number of guanidine groups is 1. The van der Waals surface area contributed by atoms with Crippen molar-refractivity contribution in [1.82, 2.24) is 0 Å². The molecule has 0 aliphatic heterocycles. The Bertz CT molecular complexity index is 617. The number of rotatable bonds is 2. The van der Waals surface area contributed by atoms with Gasteiger partial charge in [-0.25, -0.2) is 0 Å². The van der Waals surface area contributed by atoms with E-state index >= 15 is 0 Å². The topological polar surface area (TPSA) is 88.2 Å². The lowest BCUT2D eigenvalue weighted by atomic mass is 10.2. The van der Waals surface area contributed by atoms with Crippen molar-refractivity contribution in [2.45, 2.75) is 5.75 Å². The number of aliphatic imine (C=N–C) groups is 1. The normalized spacial score (nSPS) is 10.5. The molecule has 0 aliphatic carbocycles. The van der Waals surface area contributed by atoms with Crippen LogP contribution in [0.4, 0.5) is 0 Å². The Hall–Kier alpha value is -1.24. The molecule has 0 saturated carbocycles. The number of fused-ring (bicyclic) bond motifs is 1. The monoisotopic (exact) mass is 298 g/mol. The molecule has 0 fully saturated rings. The van der Waals surface area contributed by atoms with Gasteiger partial charge in [0.1, 0.15) is 0 Å². The van der Waals surface area contributed by atoms with Crippen LogP contribution in [0.5, 0.6) is 0 Å². The van der Waals surface area contributed by atoms with Crippen molar-refractivity contribution in [2.75, 3.05) is 0 Å². The van der Waals surface area contributed by atoms with Crippen LogP contribution in [0.3, 0.4) is 0 Å². The van der Waals surface area contributed by atoms with Gasteiger partial charge in [-0.3, -0.25) is 5.41 Å². The lowest BCUT2D eigenvalue weighted by Gasteiger charge is -1.98. The van der Waals surface area contributed by atoms with Crippen LogP contribution in [-0.4, -0.2) is 11.1 Å². The summed E-state index contributed by atoms with van der Waals surface area (Å²) in [6, 6.07) is 7.96.